The van der Waals surface area contributed by atoms with Crippen molar-refractivity contribution in [1.82, 2.24) is 14.5 Å². The molecule has 2 amide bonds. The lowest BCUT2D eigenvalue weighted by Gasteiger charge is -2.29. The van der Waals surface area contributed by atoms with Crippen molar-refractivity contribution in [3.05, 3.63) is 63.7 Å². The van der Waals surface area contributed by atoms with Gasteiger partial charge in [-0.05, 0) is 30.0 Å². The summed E-state index contributed by atoms with van der Waals surface area (Å²) in [7, 11) is 0. The van der Waals surface area contributed by atoms with E-state index in [0.717, 1.165) is 0 Å². The van der Waals surface area contributed by atoms with E-state index < -0.39 is 22.3 Å². The predicted octanol–water partition coefficient (Wildman–Crippen LogP) is 4.39. The van der Waals surface area contributed by atoms with Crippen LogP contribution >= 0.6 is 11.8 Å². The summed E-state index contributed by atoms with van der Waals surface area (Å²) in [6.07, 6.45) is 0.465. The van der Waals surface area contributed by atoms with E-state index >= 15 is 0 Å². The molecule has 35 heavy (non-hydrogen) atoms. The first-order valence-corrected chi connectivity index (χ1v) is 12.0. The Bertz CT molecular complexity index is 1320. The topological polar surface area (TPSA) is 136 Å². The summed E-state index contributed by atoms with van der Waals surface area (Å²) >= 11 is 1.29. The minimum absolute atomic E-state index is 0.154. The molecule has 3 aromatic rings. The van der Waals surface area contributed by atoms with Crippen LogP contribution in [0.4, 0.5) is 5.69 Å². The SMILES string of the molecule is CC(C)(C)C(C(=O)O)n1c(SCCCN2C(=O)c3ccccc3C2=O)nc2ccc([N+](=O)[O-])cc21. The zero-order chi connectivity index (χ0) is 25.5. The first kappa shape index (κ1) is 24.4. The van der Waals surface area contributed by atoms with Gasteiger partial charge in [0.2, 0.25) is 0 Å². The molecule has 1 unspecified atom stereocenters. The van der Waals surface area contributed by atoms with E-state index in [9.17, 15) is 29.6 Å². The van der Waals surface area contributed by atoms with Crippen LogP contribution < -0.4 is 0 Å². The summed E-state index contributed by atoms with van der Waals surface area (Å²) in [5, 5.41) is 21.8. The molecule has 1 aliphatic heterocycles. The maximum atomic E-state index is 12.6. The van der Waals surface area contributed by atoms with Crippen LogP contribution in [0.15, 0.2) is 47.6 Å². The van der Waals surface area contributed by atoms with Crippen LogP contribution in [0.2, 0.25) is 0 Å². The number of imidazole rings is 1. The van der Waals surface area contributed by atoms with Crippen molar-refractivity contribution in [3.63, 3.8) is 0 Å². The Morgan fingerprint density at radius 3 is 2.31 bits per heavy atom. The predicted molar refractivity (Wildman–Crippen MR) is 130 cm³/mol. The number of carbonyl (C=O) groups is 3. The largest absolute Gasteiger partial charge is 0.480 e. The summed E-state index contributed by atoms with van der Waals surface area (Å²) < 4.78 is 1.54. The Labute approximate surface area is 205 Å². The maximum Gasteiger partial charge on any atom is 0.327 e. The second kappa shape index (κ2) is 9.14. The normalized spacial score (nSPS) is 14.4. The number of nitro benzene ring substituents is 1. The number of aromatic nitrogens is 2. The highest BCUT2D eigenvalue weighted by Gasteiger charge is 2.37. The van der Waals surface area contributed by atoms with Crippen molar-refractivity contribution in [2.24, 2.45) is 5.41 Å². The molecule has 2 aromatic carbocycles. The number of thioether (sulfide) groups is 1. The Hall–Kier alpha value is -3.73. The van der Waals surface area contributed by atoms with Crippen LogP contribution in [0, 0.1) is 15.5 Å². The number of nitrogens with zero attached hydrogens (tertiary/aromatic N) is 4. The maximum absolute atomic E-state index is 12.6. The van der Waals surface area contributed by atoms with Crippen molar-refractivity contribution < 1.29 is 24.4 Å². The molecule has 10 nitrogen and oxygen atoms in total. The van der Waals surface area contributed by atoms with Crippen LogP contribution in [0.1, 0.15) is 53.9 Å². The van der Waals surface area contributed by atoms with Gasteiger partial charge in [-0.3, -0.25) is 24.6 Å². The molecule has 0 saturated carbocycles. The summed E-state index contributed by atoms with van der Waals surface area (Å²) in [6.45, 7) is 5.57. The van der Waals surface area contributed by atoms with Gasteiger partial charge in [0, 0.05) is 24.4 Å². The third-order valence-electron chi connectivity index (χ3n) is 5.80. The molecule has 0 spiro atoms. The standard InChI is InChI=1S/C24H24N4O6S/c1-24(2,3)19(22(31)32)27-18-13-14(28(33)34)9-10-17(18)25-23(27)35-12-6-11-26-20(29)15-7-4-5-8-16(15)21(26)30/h4-5,7-10,13,19H,6,11-12H2,1-3H3,(H,31,32). The van der Waals surface area contributed by atoms with Gasteiger partial charge in [-0.25, -0.2) is 9.78 Å². The van der Waals surface area contributed by atoms with Gasteiger partial charge in [0.15, 0.2) is 5.16 Å². The molecule has 0 radical (unpaired) electrons. The molecule has 1 aliphatic rings. The van der Waals surface area contributed by atoms with Gasteiger partial charge >= 0.3 is 5.97 Å². The van der Waals surface area contributed by atoms with Crippen LogP contribution in [-0.2, 0) is 4.79 Å². The van der Waals surface area contributed by atoms with E-state index in [0.29, 0.717) is 39.5 Å². The number of carbonyl (C=O) groups excluding carboxylic acids is 2. The molecule has 11 heteroatoms. The molecule has 0 bridgehead atoms. The zero-order valence-corrected chi connectivity index (χ0v) is 20.2. The van der Waals surface area contributed by atoms with Gasteiger partial charge in [0.25, 0.3) is 17.5 Å². The molecule has 1 N–H and O–H groups in total. The number of aliphatic carboxylic acids is 1. The molecule has 0 fully saturated rings. The molecule has 0 saturated heterocycles. The molecule has 1 aromatic heterocycles. The van der Waals surface area contributed by atoms with Crippen LogP contribution in [0.25, 0.3) is 11.0 Å². The van der Waals surface area contributed by atoms with E-state index in [-0.39, 0.29) is 24.0 Å². The van der Waals surface area contributed by atoms with E-state index in [1.165, 1.54) is 39.4 Å². The minimum Gasteiger partial charge on any atom is -0.480 e. The number of imide groups is 1. The van der Waals surface area contributed by atoms with Gasteiger partial charge in [-0.2, -0.15) is 0 Å². The zero-order valence-electron chi connectivity index (χ0n) is 19.4. The van der Waals surface area contributed by atoms with Crippen molar-refractivity contribution in [3.8, 4) is 0 Å². The smallest absolute Gasteiger partial charge is 0.327 e. The third-order valence-corrected chi connectivity index (χ3v) is 6.84. The van der Waals surface area contributed by atoms with Gasteiger partial charge in [0.05, 0.1) is 27.1 Å². The molecule has 2 heterocycles. The first-order chi connectivity index (χ1) is 16.5. The number of nitro groups is 1. The fourth-order valence-electron chi connectivity index (χ4n) is 4.22. The Kier molecular flexibility index (Phi) is 6.37. The number of fused-ring (bicyclic) bond motifs is 2. The van der Waals surface area contributed by atoms with E-state index in [2.05, 4.69) is 4.98 Å². The Morgan fingerprint density at radius 2 is 1.77 bits per heavy atom. The second-order valence-electron chi connectivity index (χ2n) is 9.31. The highest BCUT2D eigenvalue weighted by atomic mass is 32.2. The molecule has 1 atom stereocenters. The molecule has 4 rings (SSSR count). The number of benzene rings is 2. The van der Waals surface area contributed by atoms with E-state index in [1.54, 1.807) is 45.0 Å². The number of non-ortho nitro benzene ring substituents is 1. The number of hydrogen-bond donors (Lipinski definition) is 1. The highest BCUT2D eigenvalue weighted by molar-refractivity contribution is 7.99. The number of amides is 2. The molecule has 182 valence electrons. The first-order valence-electron chi connectivity index (χ1n) is 11.0. The summed E-state index contributed by atoms with van der Waals surface area (Å²) in [4.78, 5) is 54.0. The Morgan fingerprint density at radius 1 is 1.14 bits per heavy atom. The number of carboxylic acid groups (broad SMARTS) is 1. The van der Waals surface area contributed by atoms with Crippen LogP contribution in [0.5, 0.6) is 0 Å². The number of rotatable bonds is 8. The fraction of sp³-hybridized carbons (Fsp3) is 0.333. The van der Waals surface area contributed by atoms with Gasteiger partial charge < -0.3 is 9.67 Å². The molecule has 0 aliphatic carbocycles. The fourth-order valence-corrected chi connectivity index (χ4v) is 5.18. The summed E-state index contributed by atoms with van der Waals surface area (Å²) in [5.41, 5.74) is 0.739. The Balaban J connectivity index is 1.58. The second-order valence-corrected chi connectivity index (χ2v) is 10.4. The lowest BCUT2D eigenvalue weighted by molar-refractivity contribution is -0.384. The molecular formula is C24H24N4O6S. The van der Waals surface area contributed by atoms with Crippen molar-refractivity contribution in [1.29, 1.82) is 0 Å². The van der Waals surface area contributed by atoms with E-state index in [1.807, 2.05) is 0 Å². The van der Waals surface area contributed by atoms with Crippen molar-refractivity contribution in [2.75, 3.05) is 12.3 Å². The quantitative estimate of drug-likeness (QED) is 0.159. The summed E-state index contributed by atoms with van der Waals surface area (Å²) in [5.74, 6) is -1.27. The van der Waals surface area contributed by atoms with Gasteiger partial charge in [0.1, 0.15) is 6.04 Å². The van der Waals surface area contributed by atoms with Gasteiger partial charge in [-0.15, -0.1) is 0 Å². The minimum atomic E-state index is -1.07. The number of hydrogen-bond acceptors (Lipinski definition) is 7. The van der Waals surface area contributed by atoms with Crippen molar-refractivity contribution >= 4 is 46.3 Å². The van der Waals surface area contributed by atoms with Crippen LogP contribution in [-0.4, -0.2) is 54.6 Å². The third kappa shape index (κ3) is 4.51. The van der Waals surface area contributed by atoms with Crippen molar-refractivity contribution in [2.45, 2.75) is 38.4 Å². The lowest BCUT2D eigenvalue weighted by atomic mass is 9.86. The average molecular weight is 497 g/mol. The average Bonchev–Trinajstić information content (AvgIpc) is 3.25. The summed E-state index contributed by atoms with van der Waals surface area (Å²) in [6, 6.07) is 9.85. The van der Waals surface area contributed by atoms with Crippen LogP contribution in [0.3, 0.4) is 0 Å². The lowest BCUT2D eigenvalue weighted by Crippen LogP contribution is -2.32. The molecular weight excluding hydrogens is 472 g/mol. The van der Waals surface area contributed by atoms with E-state index in [4.69, 9.17) is 0 Å². The van der Waals surface area contributed by atoms with Gasteiger partial charge in [-0.1, -0.05) is 44.7 Å². The monoisotopic (exact) mass is 496 g/mol. The number of carboxylic acids is 1. The highest BCUT2D eigenvalue weighted by Crippen LogP contribution is 2.38.